The van der Waals surface area contributed by atoms with E-state index in [1.54, 1.807) is 6.33 Å². The highest BCUT2D eigenvalue weighted by Crippen LogP contribution is 2.35. The molecule has 0 amide bonds. The number of rotatable bonds is 4. The molecule has 1 aliphatic heterocycles. The number of hydrogen-bond acceptors (Lipinski definition) is 6. The largest absolute Gasteiger partial charge is 0.490 e. The summed E-state index contributed by atoms with van der Waals surface area (Å²) in [6, 6.07) is 4.95. The molecule has 1 aromatic heterocycles. The van der Waals surface area contributed by atoms with Crippen molar-refractivity contribution in [2.24, 2.45) is 0 Å². The van der Waals surface area contributed by atoms with E-state index in [0.717, 1.165) is 80.0 Å². The van der Waals surface area contributed by atoms with E-state index in [0.29, 0.717) is 6.04 Å². The molecule has 26 heavy (non-hydrogen) atoms. The lowest BCUT2D eigenvalue weighted by Crippen LogP contribution is -2.36. The minimum absolute atomic E-state index is 0.266. The average molecular weight is 356 g/mol. The number of nitrogens with one attached hydrogen (secondary N) is 1. The molecule has 1 saturated heterocycles. The Kier molecular flexibility index (Phi) is 5.22. The van der Waals surface area contributed by atoms with E-state index in [1.807, 2.05) is 14.0 Å². The average Bonchev–Trinajstić information content (AvgIpc) is 2.69. The molecule has 6 heteroatoms. The van der Waals surface area contributed by atoms with E-state index in [9.17, 15) is 0 Å². The van der Waals surface area contributed by atoms with Gasteiger partial charge in [-0.15, -0.1) is 0 Å². The number of benzene rings is 1. The van der Waals surface area contributed by atoms with E-state index >= 15 is 0 Å². The van der Waals surface area contributed by atoms with E-state index in [4.69, 9.17) is 9.47 Å². The van der Waals surface area contributed by atoms with Gasteiger partial charge in [0.2, 0.25) is 0 Å². The van der Waals surface area contributed by atoms with Crippen LogP contribution in [0.1, 0.15) is 31.4 Å². The molecule has 4 rings (SSSR count). The summed E-state index contributed by atoms with van der Waals surface area (Å²) in [5.41, 5.74) is 3.10. The number of fused-ring (bicyclic) bond motifs is 1. The molecule has 2 heterocycles. The highest BCUT2D eigenvalue weighted by Gasteiger charge is 2.23. The van der Waals surface area contributed by atoms with Gasteiger partial charge in [-0.3, -0.25) is 0 Å². The Morgan fingerprint density at radius 3 is 2.62 bits per heavy atom. The fourth-order valence-corrected chi connectivity index (χ4v) is 4.04. The Morgan fingerprint density at radius 2 is 1.88 bits per heavy atom. The van der Waals surface area contributed by atoms with Crippen LogP contribution in [0.15, 0.2) is 18.5 Å². The molecule has 2 fully saturated rings. The third kappa shape index (κ3) is 3.62. The molecule has 0 radical (unpaired) electrons. The van der Waals surface area contributed by atoms with Crippen LogP contribution < -0.4 is 15.0 Å². The first kappa shape index (κ1) is 17.5. The second kappa shape index (κ2) is 7.76. The maximum Gasteiger partial charge on any atom is 0.133 e. The Balaban J connectivity index is 1.65. The lowest BCUT2D eigenvalue weighted by Gasteiger charge is -2.31. The van der Waals surface area contributed by atoms with Gasteiger partial charge in [-0.2, -0.15) is 0 Å². The van der Waals surface area contributed by atoms with E-state index in [-0.39, 0.29) is 6.10 Å². The summed E-state index contributed by atoms with van der Waals surface area (Å²) < 4.78 is 12.0. The number of ether oxygens (including phenoxy) is 2. The van der Waals surface area contributed by atoms with Gasteiger partial charge in [-0.25, -0.2) is 9.97 Å². The number of anilines is 1. The molecule has 1 aromatic carbocycles. The second-order valence-electron chi connectivity index (χ2n) is 7.28. The van der Waals surface area contributed by atoms with Gasteiger partial charge in [0, 0.05) is 30.9 Å². The Labute approximate surface area is 154 Å². The summed E-state index contributed by atoms with van der Waals surface area (Å²) in [5.74, 6) is 0.926. The van der Waals surface area contributed by atoms with Crippen LogP contribution in [0.25, 0.3) is 10.9 Å². The Morgan fingerprint density at radius 1 is 1.12 bits per heavy atom. The fraction of sp³-hybridized carbons (Fsp3) is 0.600. The van der Waals surface area contributed by atoms with Gasteiger partial charge in [0.25, 0.3) is 0 Å². The maximum absolute atomic E-state index is 6.51. The predicted molar refractivity (Wildman–Crippen MR) is 103 cm³/mol. The molecule has 1 N–H and O–H groups in total. The van der Waals surface area contributed by atoms with Gasteiger partial charge in [0.15, 0.2) is 0 Å². The Bertz CT molecular complexity index is 753. The minimum atomic E-state index is 0.266. The number of hydrogen-bond donors (Lipinski definition) is 1. The second-order valence-corrected chi connectivity index (χ2v) is 7.28. The molecular formula is C20H28N4O2. The van der Waals surface area contributed by atoms with Crippen LogP contribution in [0, 0.1) is 6.92 Å². The first-order chi connectivity index (χ1) is 12.7. The van der Waals surface area contributed by atoms with E-state index in [2.05, 4.69) is 32.3 Å². The van der Waals surface area contributed by atoms with Crippen LogP contribution in [0.4, 0.5) is 5.69 Å². The van der Waals surface area contributed by atoms with Gasteiger partial charge in [0.05, 0.1) is 35.9 Å². The number of aromatic nitrogens is 2. The normalized spacial score (nSPS) is 24.0. The zero-order valence-corrected chi connectivity index (χ0v) is 15.7. The molecule has 2 aromatic rings. The molecule has 0 atom stereocenters. The van der Waals surface area contributed by atoms with Crippen LogP contribution >= 0.6 is 0 Å². The highest BCUT2D eigenvalue weighted by molar-refractivity contribution is 5.90. The summed E-state index contributed by atoms with van der Waals surface area (Å²) in [4.78, 5) is 11.3. The lowest BCUT2D eigenvalue weighted by molar-refractivity contribution is 0.122. The van der Waals surface area contributed by atoms with Crippen LogP contribution in [-0.4, -0.2) is 55.5 Å². The predicted octanol–water partition coefficient (Wildman–Crippen LogP) is 2.68. The fourth-order valence-electron chi connectivity index (χ4n) is 4.04. The molecule has 6 nitrogen and oxygen atoms in total. The summed E-state index contributed by atoms with van der Waals surface area (Å²) >= 11 is 0. The first-order valence-corrected chi connectivity index (χ1v) is 9.66. The highest BCUT2D eigenvalue weighted by atomic mass is 16.5. The van der Waals surface area contributed by atoms with Gasteiger partial charge in [0.1, 0.15) is 12.1 Å². The van der Waals surface area contributed by atoms with Crippen molar-refractivity contribution in [3.63, 3.8) is 0 Å². The SMILES string of the molecule is CNC1CCC(Oc2cc(N3CCOCC3)cc3ncnc(C)c23)CC1. The summed E-state index contributed by atoms with van der Waals surface area (Å²) in [5, 5.41) is 4.43. The third-order valence-corrected chi connectivity index (χ3v) is 5.63. The van der Waals surface area contributed by atoms with Crippen LogP contribution in [-0.2, 0) is 4.74 Å². The molecule has 1 aliphatic carbocycles. The lowest BCUT2D eigenvalue weighted by atomic mass is 9.93. The van der Waals surface area contributed by atoms with E-state index < -0.39 is 0 Å². The third-order valence-electron chi connectivity index (χ3n) is 5.63. The molecule has 1 saturated carbocycles. The number of morpholine rings is 1. The van der Waals surface area contributed by atoms with Crippen molar-refractivity contribution in [3.05, 3.63) is 24.2 Å². The summed E-state index contributed by atoms with van der Waals surface area (Å²) in [7, 11) is 2.05. The van der Waals surface area contributed by atoms with Crippen molar-refractivity contribution >= 4 is 16.6 Å². The van der Waals surface area contributed by atoms with Gasteiger partial charge < -0.3 is 19.7 Å². The van der Waals surface area contributed by atoms with Gasteiger partial charge >= 0.3 is 0 Å². The monoisotopic (exact) mass is 356 g/mol. The number of aryl methyl sites for hydroxylation is 1. The van der Waals surface area contributed by atoms with Crippen molar-refractivity contribution in [2.45, 2.75) is 44.8 Å². The molecule has 0 unspecified atom stereocenters. The van der Waals surface area contributed by atoms with Crippen molar-refractivity contribution < 1.29 is 9.47 Å². The molecule has 0 spiro atoms. The van der Waals surface area contributed by atoms with Crippen LogP contribution in [0.2, 0.25) is 0 Å². The molecule has 140 valence electrons. The van der Waals surface area contributed by atoms with Crippen LogP contribution in [0.3, 0.4) is 0 Å². The first-order valence-electron chi connectivity index (χ1n) is 9.66. The zero-order chi connectivity index (χ0) is 17.9. The van der Waals surface area contributed by atoms with Crippen molar-refractivity contribution in [1.82, 2.24) is 15.3 Å². The minimum Gasteiger partial charge on any atom is -0.490 e. The Hall–Kier alpha value is -1.92. The zero-order valence-electron chi connectivity index (χ0n) is 15.7. The topological polar surface area (TPSA) is 59.5 Å². The van der Waals surface area contributed by atoms with Gasteiger partial charge in [-0.1, -0.05) is 0 Å². The summed E-state index contributed by atoms with van der Waals surface area (Å²) in [6.45, 7) is 5.38. The molecular weight excluding hydrogens is 328 g/mol. The van der Waals surface area contributed by atoms with Crippen LogP contribution in [0.5, 0.6) is 5.75 Å². The molecule has 2 aliphatic rings. The smallest absolute Gasteiger partial charge is 0.133 e. The maximum atomic E-state index is 6.51. The number of nitrogens with zero attached hydrogens (tertiary/aromatic N) is 3. The quantitative estimate of drug-likeness (QED) is 0.909. The van der Waals surface area contributed by atoms with Crippen molar-refractivity contribution in [1.29, 1.82) is 0 Å². The van der Waals surface area contributed by atoms with Gasteiger partial charge in [-0.05, 0) is 45.7 Å². The van der Waals surface area contributed by atoms with Crippen molar-refractivity contribution in [3.8, 4) is 5.75 Å². The van der Waals surface area contributed by atoms with E-state index in [1.165, 1.54) is 0 Å². The van der Waals surface area contributed by atoms with Crippen molar-refractivity contribution in [2.75, 3.05) is 38.3 Å². The summed E-state index contributed by atoms with van der Waals surface area (Å²) in [6.07, 6.45) is 6.41. The molecule has 0 bridgehead atoms. The standard InChI is InChI=1S/C20H28N4O2/c1-14-20-18(23-13-22-14)11-16(24-7-9-25-10-8-24)12-19(20)26-17-5-3-15(21-2)4-6-17/h11-13,15,17,21H,3-10H2,1-2H3.